The van der Waals surface area contributed by atoms with Gasteiger partial charge in [0.05, 0.1) is 24.1 Å². The van der Waals surface area contributed by atoms with Gasteiger partial charge in [0.15, 0.2) is 0 Å². The minimum Gasteiger partial charge on any atom is -0.399 e. The van der Waals surface area contributed by atoms with Crippen LogP contribution in [0, 0.1) is 0 Å². The molecule has 25 heavy (non-hydrogen) atoms. The number of hydrogen-bond donors (Lipinski definition) is 0. The SMILES string of the molecule is CC(C)N1CCn2nncc2C1.CO/N=C1/CCCN(C(C)C)CC1. The summed E-state index contributed by atoms with van der Waals surface area (Å²) in [5.74, 6) is 0. The zero-order valence-corrected chi connectivity index (χ0v) is 16.5. The monoisotopic (exact) mass is 350 g/mol. The fourth-order valence-electron chi connectivity index (χ4n) is 3.27. The van der Waals surface area contributed by atoms with E-state index in [0.29, 0.717) is 12.1 Å². The number of fused-ring (bicyclic) bond motifs is 1. The van der Waals surface area contributed by atoms with Gasteiger partial charge in [-0.3, -0.25) is 4.90 Å². The summed E-state index contributed by atoms with van der Waals surface area (Å²) in [6, 6.07) is 1.27. The number of likely N-dealkylation sites (tertiary alicyclic amines) is 1. The number of hydrogen-bond acceptors (Lipinski definition) is 6. The number of aromatic nitrogens is 3. The smallest absolute Gasteiger partial charge is 0.106 e. The van der Waals surface area contributed by atoms with Gasteiger partial charge in [-0.1, -0.05) is 10.4 Å². The van der Waals surface area contributed by atoms with E-state index in [1.807, 2.05) is 10.9 Å². The van der Waals surface area contributed by atoms with Crippen LogP contribution in [0.2, 0.25) is 0 Å². The third-order valence-electron chi connectivity index (χ3n) is 4.94. The van der Waals surface area contributed by atoms with Gasteiger partial charge in [-0.25, -0.2) is 4.68 Å². The second-order valence-electron chi connectivity index (χ2n) is 7.34. The van der Waals surface area contributed by atoms with Gasteiger partial charge in [-0.2, -0.15) is 0 Å². The third kappa shape index (κ3) is 6.08. The van der Waals surface area contributed by atoms with E-state index in [1.165, 1.54) is 24.4 Å². The van der Waals surface area contributed by atoms with Crippen molar-refractivity contribution in [3.63, 3.8) is 0 Å². The molecule has 1 aromatic heterocycles. The van der Waals surface area contributed by atoms with Crippen molar-refractivity contribution in [3.8, 4) is 0 Å². The van der Waals surface area contributed by atoms with Gasteiger partial charge in [0.25, 0.3) is 0 Å². The molecule has 2 aliphatic rings. The van der Waals surface area contributed by atoms with E-state index in [9.17, 15) is 0 Å². The summed E-state index contributed by atoms with van der Waals surface area (Å²) in [7, 11) is 1.62. The largest absolute Gasteiger partial charge is 0.399 e. The Morgan fingerprint density at radius 2 is 1.76 bits per heavy atom. The van der Waals surface area contributed by atoms with Gasteiger partial charge in [0.1, 0.15) is 7.11 Å². The standard InChI is InChI=1S/C10H20N2O.C8H14N4/c1-9(2)12-7-4-5-10(6-8-12)11-13-3;1-7(2)11-3-4-12-8(6-11)5-9-10-12/h9H,4-8H2,1-3H3;5,7H,3-4,6H2,1-2H3/b11-10-;. The lowest BCUT2D eigenvalue weighted by atomic mass is 10.2. The zero-order chi connectivity index (χ0) is 18.2. The molecule has 142 valence electrons. The Balaban J connectivity index is 0.000000181. The van der Waals surface area contributed by atoms with Crippen molar-refractivity contribution in [2.45, 2.75) is 72.1 Å². The Labute approximate surface area is 152 Å². The van der Waals surface area contributed by atoms with Crippen molar-refractivity contribution in [3.05, 3.63) is 11.9 Å². The van der Waals surface area contributed by atoms with E-state index < -0.39 is 0 Å². The molecule has 0 aliphatic carbocycles. The van der Waals surface area contributed by atoms with E-state index in [2.05, 4.69) is 53.0 Å². The fraction of sp³-hybridized carbons (Fsp3) is 0.833. The van der Waals surface area contributed by atoms with E-state index >= 15 is 0 Å². The summed E-state index contributed by atoms with van der Waals surface area (Å²) in [4.78, 5) is 9.73. The zero-order valence-electron chi connectivity index (χ0n) is 16.5. The maximum atomic E-state index is 4.80. The molecule has 0 N–H and O–H groups in total. The normalized spacial score (nSPS) is 21.0. The van der Waals surface area contributed by atoms with Gasteiger partial charge in [-0.15, -0.1) is 5.10 Å². The predicted molar refractivity (Wildman–Crippen MR) is 101 cm³/mol. The van der Waals surface area contributed by atoms with Crippen LogP contribution in [0.15, 0.2) is 11.4 Å². The lowest BCUT2D eigenvalue weighted by molar-refractivity contribution is 0.170. The van der Waals surface area contributed by atoms with Crippen molar-refractivity contribution < 1.29 is 4.84 Å². The number of oxime groups is 1. The van der Waals surface area contributed by atoms with Crippen LogP contribution in [0.25, 0.3) is 0 Å². The maximum Gasteiger partial charge on any atom is 0.106 e. The minimum atomic E-state index is 0.619. The summed E-state index contributed by atoms with van der Waals surface area (Å²) in [5, 5.41) is 11.9. The topological polar surface area (TPSA) is 58.8 Å². The fourth-order valence-corrected chi connectivity index (χ4v) is 3.27. The van der Waals surface area contributed by atoms with Crippen molar-refractivity contribution in [2.24, 2.45) is 5.16 Å². The average Bonchev–Trinajstić information content (AvgIpc) is 2.93. The van der Waals surface area contributed by atoms with Gasteiger partial charge in [0, 0.05) is 38.1 Å². The highest BCUT2D eigenvalue weighted by Crippen LogP contribution is 2.12. The first-order valence-corrected chi connectivity index (χ1v) is 9.45. The van der Waals surface area contributed by atoms with E-state index in [1.54, 1.807) is 7.11 Å². The molecule has 7 nitrogen and oxygen atoms in total. The Morgan fingerprint density at radius 1 is 1.00 bits per heavy atom. The molecule has 7 heteroatoms. The maximum absolute atomic E-state index is 4.80. The predicted octanol–water partition coefficient (Wildman–Crippen LogP) is 2.39. The average molecular weight is 351 g/mol. The summed E-state index contributed by atoms with van der Waals surface area (Å²) >= 11 is 0. The summed E-state index contributed by atoms with van der Waals surface area (Å²) in [5.41, 5.74) is 2.45. The quantitative estimate of drug-likeness (QED) is 0.784. The molecule has 2 aliphatic heterocycles. The molecule has 0 atom stereocenters. The second-order valence-corrected chi connectivity index (χ2v) is 7.34. The van der Waals surface area contributed by atoms with E-state index in [4.69, 9.17) is 4.84 Å². The highest BCUT2D eigenvalue weighted by atomic mass is 16.6. The van der Waals surface area contributed by atoms with Crippen LogP contribution in [0.4, 0.5) is 0 Å². The summed E-state index contributed by atoms with van der Waals surface area (Å²) in [6.45, 7) is 14.3. The van der Waals surface area contributed by atoms with Gasteiger partial charge in [-0.05, 0) is 47.1 Å². The number of nitrogens with zero attached hydrogens (tertiary/aromatic N) is 6. The first kappa shape index (κ1) is 19.8. The van der Waals surface area contributed by atoms with Crippen LogP contribution in [0.5, 0.6) is 0 Å². The van der Waals surface area contributed by atoms with Crippen LogP contribution in [-0.2, 0) is 17.9 Å². The van der Waals surface area contributed by atoms with Crippen molar-refractivity contribution in [1.82, 2.24) is 24.8 Å². The molecule has 0 unspecified atom stereocenters. The summed E-state index contributed by atoms with van der Waals surface area (Å²) in [6.07, 6.45) is 5.22. The van der Waals surface area contributed by atoms with Crippen LogP contribution in [0.3, 0.4) is 0 Å². The lowest BCUT2D eigenvalue weighted by Crippen LogP contribution is -2.38. The van der Waals surface area contributed by atoms with Crippen molar-refractivity contribution in [1.29, 1.82) is 0 Å². The van der Waals surface area contributed by atoms with Crippen LogP contribution in [-0.4, -0.2) is 69.3 Å². The first-order chi connectivity index (χ1) is 12.0. The molecule has 0 spiro atoms. The molecule has 3 rings (SSSR count). The molecule has 0 saturated carbocycles. The van der Waals surface area contributed by atoms with Crippen LogP contribution >= 0.6 is 0 Å². The van der Waals surface area contributed by atoms with Gasteiger partial charge < -0.3 is 9.74 Å². The minimum absolute atomic E-state index is 0.619. The number of rotatable bonds is 3. The molecule has 3 heterocycles. The molecule has 0 amide bonds. The molecule has 1 aromatic rings. The van der Waals surface area contributed by atoms with E-state index in [0.717, 1.165) is 39.0 Å². The Kier molecular flexibility index (Phi) is 7.84. The summed E-state index contributed by atoms with van der Waals surface area (Å²) < 4.78 is 1.98. The highest BCUT2D eigenvalue weighted by Gasteiger charge is 2.18. The van der Waals surface area contributed by atoms with Crippen molar-refractivity contribution >= 4 is 5.71 Å². The van der Waals surface area contributed by atoms with Gasteiger partial charge in [0.2, 0.25) is 0 Å². The molecule has 0 bridgehead atoms. The third-order valence-corrected chi connectivity index (χ3v) is 4.94. The first-order valence-electron chi connectivity index (χ1n) is 9.45. The highest BCUT2D eigenvalue weighted by molar-refractivity contribution is 5.84. The Morgan fingerprint density at radius 3 is 2.44 bits per heavy atom. The van der Waals surface area contributed by atoms with Crippen LogP contribution in [0.1, 0.15) is 52.7 Å². The lowest BCUT2D eigenvalue weighted by Gasteiger charge is -2.30. The Hall–Kier alpha value is -1.47. The van der Waals surface area contributed by atoms with Crippen molar-refractivity contribution in [2.75, 3.05) is 26.7 Å². The second kappa shape index (κ2) is 9.87. The molecule has 1 saturated heterocycles. The van der Waals surface area contributed by atoms with Gasteiger partial charge >= 0.3 is 0 Å². The van der Waals surface area contributed by atoms with Crippen LogP contribution < -0.4 is 0 Å². The molecule has 0 radical (unpaired) electrons. The Bertz CT molecular complexity index is 539. The molecular formula is C18H34N6O. The molecule has 1 fully saturated rings. The molecular weight excluding hydrogens is 316 g/mol. The molecule has 0 aromatic carbocycles. The van der Waals surface area contributed by atoms with E-state index in [-0.39, 0.29) is 0 Å².